The number of carboxylic acid groups (broad SMARTS) is 1. The normalized spacial score (nSPS) is 15.8. The van der Waals surface area contributed by atoms with Crippen LogP contribution in [-0.4, -0.2) is 34.0 Å². The van der Waals surface area contributed by atoms with Gasteiger partial charge in [0.2, 0.25) is 0 Å². The van der Waals surface area contributed by atoms with E-state index in [0.717, 1.165) is 12.1 Å². The van der Waals surface area contributed by atoms with E-state index in [4.69, 9.17) is 5.11 Å². The Labute approximate surface area is 178 Å². The van der Waals surface area contributed by atoms with Gasteiger partial charge in [0.15, 0.2) is 5.71 Å². The average molecular weight is 534 g/mol. The number of anilines is 1. The predicted octanol–water partition coefficient (Wildman–Crippen LogP) is 4.96. The highest BCUT2D eigenvalue weighted by molar-refractivity contribution is 9.11. The summed E-state index contributed by atoms with van der Waals surface area (Å²) in [5.41, 5.74) is -2.26. The third kappa shape index (κ3) is 4.20. The Balaban J connectivity index is 2.11. The minimum Gasteiger partial charge on any atom is -0.506 e. The quantitative estimate of drug-likeness (QED) is 0.545. The molecule has 29 heavy (non-hydrogen) atoms. The van der Waals surface area contributed by atoms with Crippen molar-refractivity contribution in [2.45, 2.75) is 6.18 Å². The average Bonchev–Trinajstić information content (AvgIpc) is 2.96. The molecule has 0 saturated carbocycles. The highest BCUT2D eigenvalue weighted by Gasteiger charge is 2.46. The molecule has 0 aliphatic carbocycles. The van der Waals surface area contributed by atoms with E-state index in [2.05, 4.69) is 37.0 Å². The summed E-state index contributed by atoms with van der Waals surface area (Å²) in [6.45, 7) is 0. The number of hydrazone groups is 1. The Hall–Kier alpha value is -2.66. The number of aromatic carboxylic acids is 1. The van der Waals surface area contributed by atoms with Crippen molar-refractivity contribution in [1.82, 2.24) is 0 Å². The highest BCUT2D eigenvalue weighted by atomic mass is 79.9. The van der Waals surface area contributed by atoms with Crippen molar-refractivity contribution in [3.63, 3.8) is 0 Å². The zero-order valence-corrected chi connectivity index (χ0v) is 17.2. The van der Waals surface area contributed by atoms with Crippen molar-refractivity contribution >= 4 is 61.2 Å². The number of phenols is 1. The van der Waals surface area contributed by atoms with Gasteiger partial charge < -0.3 is 10.2 Å². The van der Waals surface area contributed by atoms with Gasteiger partial charge in [0, 0.05) is 0 Å². The van der Waals surface area contributed by atoms with Gasteiger partial charge in [0.25, 0.3) is 5.91 Å². The van der Waals surface area contributed by atoms with Crippen LogP contribution in [0.2, 0.25) is 0 Å². The smallest absolute Gasteiger partial charge is 0.435 e. The minimum absolute atomic E-state index is 0.117. The summed E-state index contributed by atoms with van der Waals surface area (Å²) >= 11 is 6.15. The lowest BCUT2D eigenvalue weighted by Gasteiger charge is -2.12. The number of alkyl halides is 3. The second kappa shape index (κ2) is 7.64. The monoisotopic (exact) mass is 532 g/mol. The lowest BCUT2D eigenvalue weighted by molar-refractivity contribution is -0.114. The van der Waals surface area contributed by atoms with E-state index in [1.54, 1.807) is 0 Å². The minimum atomic E-state index is -4.92. The molecule has 0 spiro atoms. The number of phenolic OH excluding ortho intramolecular Hbond substituents is 1. The lowest BCUT2D eigenvalue weighted by atomic mass is 10.1. The molecule has 0 unspecified atom stereocenters. The molecule has 0 saturated heterocycles. The fourth-order valence-corrected chi connectivity index (χ4v) is 3.76. The third-order valence-electron chi connectivity index (χ3n) is 3.83. The van der Waals surface area contributed by atoms with E-state index in [1.807, 2.05) is 0 Å². The van der Waals surface area contributed by atoms with Crippen LogP contribution in [0.1, 0.15) is 15.9 Å². The molecule has 2 N–H and O–H groups in total. The number of hydrogen-bond acceptors (Lipinski definition) is 4. The maximum Gasteiger partial charge on any atom is 0.435 e. The number of halogens is 5. The van der Waals surface area contributed by atoms with Gasteiger partial charge in [-0.3, -0.25) is 4.79 Å². The molecule has 1 amide bonds. The van der Waals surface area contributed by atoms with Crippen LogP contribution in [0, 0.1) is 0 Å². The Bertz CT molecular complexity index is 1070. The molecule has 0 atom stereocenters. The molecule has 0 bridgehead atoms. The van der Waals surface area contributed by atoms with Crippen molar-refractivity contribution < 1.29 is 33.0 Å². The number of hydrogen-bond donors (Lipinski definition) is 2. The van der Waals surface area contributed by atoms with Crippen LogP contribution in [0.25, 0.3) is 6.08 Å². The van der Waals surface area contributed by atoms with E-state index >= 15 is 0 Å². The number of benzene rings is 2. The van der Waals surface area contributed by atoms with Crippen molar-refractivity contribution in [1.29, 1.82) is 0 Å². The summed E-state index contributed by atoms with van der Waals surface area (Å²) in [6, 6.07) is 7.53. The van der Waals surface area contributed by atoms with Crippen LogP contribution in [0.3, 0.4) is 0 Å². The van der Waals surface area contributed by atoms with Crippen molar-refractivity contribution in [2.24, 2.45) is 5.10 Å². The topological polar surface area (TPSA) is 90.2 Å². The fourth-order valence-electron chi connectivity index (χ4n) is 2.53. The molecule has 0 radical (unpaired) electrons. The SMILES string of the molecule is O=C(O)c1cccc(N2N=C(C(F)(F)F)C(=Cc3cc(Br)c(O)c(Br)c3)C2=O)c1. The first-order valence-electron chi connectivity index (χ1n) is 7.72. The molecule has 150 valence electrons. The molecular weight excluding hydrogens is 525 g/mol. The molecular formula is C18H9Br2F3N2O4. The Morgan fingerprint density at radius 2 is 1.76 bits per heavy atom. The third-order valence-corrected chi connectivity index (χ3v) is 5.04. The Morgan fingerprint density at radius 3 is 2.31 bits per heavy atom. The van der Waals surface area contributed by atoms with Crippen LogP contribution in [0.4, 0.5) is 18.9 Å². The van der Waals surface area contributed by atoms with E-state index in [-0.39, 0.29) is 31.5 Å². The van der Waals surface area contributed by atoms with Crippen LogP contribution in [0.5, 0.6) is 5.75 Å². The number of nitrogens with zero attached hydrogens (tertiary/aromatic N) is 2. The summed E-state index contributed by atoms with van der Waals surface area (Å²) in [7, 11) is 0. The fraction of sp³-hybridized carbons (Fsp3) is 0.0556. The summed E-state index contributed by atoms with van der Waals surface area (Å²) in [5.74, 6) is -2.52. The van der Waals surface area contributed by atoms with E-state index in [9.17, 15) is 27.9 Å². The molecule has 0 fully saturated rings. The zero-order valence-electron chi connectivity index (χ0n) is 14.0. The number of rotatable bonds is 3. The highest BCUT2D eigenvalue weighted by Crippen LogP contribution is 2.36. The summed E-state index contributed by atoms with van der Waals surface area (Å²) in [6.07, 6.45) is -3.93. The van der Waals surface area contributed by atoms with Crippen molar-refractivity contribution in [2.75, 3.05) is 5.01 Å². The van der Waals surface area contributed by atoms with Gasteiger partial charge in [-0.05, 0) is 73.8 Å². The van der Waals surface area contributed by atoms with Crippen LogP contribution in [-0.2, 0) is 4.79 Å². The largest absolute Gasteiger partial charge is 0.506 e. The molecule has 1 heterocycles. The van der Waals surface area contributed by atoms with Gasteiger partial charge in [-0.2, -0.15) is 23.3 Å². The number of carbonyl (C=O) groups excluding carboxylic acids is 1. The van der Waals surface area contributed by atoms with Crippen molar-refractivity contribution in [3.8, 4) is 5.75 Å². The summed E-state index contributed by atoms with van der Waals surface area (Å²) < 4.78 is 40.9. The van der Waals surface area contributed by atoms with Gasteiger partial charge in [-0.1, -0.05) is 6.07 Å². The number of aromatic hydroxyl groups is 1. The van der Waals surface area contributed by atoms with Gasteiger partial charge in [0.1, 0.15) is 5.75 Å². The van der Waals surface area contributed by atoms with Crippen molar-refractivity contribution in [3.05, 3.63) is 62.0 Å². The number of carboxylic acids is 1. The van der Waals surface area contributed by atoms with Gasteiger partial charge >= 0.3 is 12.1 Å². The van der Waals surface area contributed by atoms with Crippen LogP contribution < -0.4 is 5.01 Å². The van der Waals surface area contributed by atoms with Gasteiger partial charge in [-0.15, -0.1) is 0 Å². The first-order chi connectivity index (χ1) is 13.5. The lowest BCUT2D eigenvalue weighted by Crippen LogP contribution is -2.25. The standard InChI is InChI=1S/C18H9Br2F3N2O4/c19-12-5-8(6-13(20)14(12)26)4-11-15(18(21,22)23)24-25(16(11)27)10-3-1-2-9(7-10)17(28)29/h1-7,26H,(H,28,29). The number of amides is 1. The second-order valence-corrected chi connectivity index (χ2v) is 7.52. The maximum atomic E-state index is 13.5. The van der Waals surface area contributed by atoms with Gasteiger partial charge in [0.05, 0.1) is 25.8 Å². The predicted molar refractivity (Wildman–Crippen MR) is 106 cm³/mol. The summed E-state index contributed by atoms with van der Waals surface area (Å²) in [5, 5.41) is 22.7. The second-order valence-electron chi connectivity index (χ2n) is 5.81. The molecule has 6 nitrogen and oxygen atoms in total. The molecule has 0 aromatic heterocycles. The first-order valence-corrected chi connectivity index (χ1v) is 9.31. The van der Waals surface area contributed by atoms with Gasteiger partial charge in [-0.25, -0.2) is 4.79 Å². The Kier molecular flexibility index (Phi) is 5.54. The first kappa shape index (κ1) is 21.1. The summed E-state index contributed by atoms with van der Waals surface area (Å²) in [4.78, 5) is 23.8. The molecule has 11 heteroatoms. The van der Waals surface area contributed by atoms with Crippen LogP contribution in [0.15, 0.2) is 56.0 Å². The molecule has 2 aromatic carbocycles. The van der Waals surface area contributed by atoms with E-state index < -0.39 is 29.3 Å². The molecule has 1 aliphatic heterocycles. The maximum absolute atomic E-state index is 13.5. The number of carbonyl (C=O) groups is 2. The van der Waals surface area contributed by atoms with E-state index in [0.29, 0.717) is 5.01 Å². The van der Waals surface area contributed by atoms with Crippen LogP contribution >= 0.6 is 31.9 Å². The Morgan fingerprint density at radius 1 is 1.14 bits per heavy atom. The molecule has 3 rings (SSSR count). The molecule has 2 aromatic rings. The molecule has 1 aliphatic rings. The van der Waals surface area contributed by atoms with E-state index in [1.165, 1.54) is 30.3 Å². The zero-order chi connectivity index (χ0) is 21.5.